The van der Waals surface area contributed by atoms with Crippen molar-refractivity contribution in [1.82, 2.24) is 14.6 Å². The van der Waals surface area contributed by atoms with E-state index in [4.69, 9.17) is 5.26 Å². The molecule has 0 unspecified atom stereocenters. The highest BCUT2D eigenvalue weighted by atomic mass is 19.1. The minimum absolute atomic E-state index is 0.161. The van der Waals surface area contributed by atoms with Crippen molar-refractivity contribution in [1.29, 1.82) is 5.26 Å². The maximum atomic E-state index is 14.4. The van der Waals surface area contributed by atoms with Gasteiger partial charge in [-0.3, -0.25) is 9.89 Å². The Hall–Kier alpha value is -3.99. The van der Waals surface area contributed by atoms with Crippen LogP contribution in [0.15, 0.2) is 47.3 Å². The van der Waals surface area contributed by atoms with Crippen molar-refractivity contribution >= 4 is 11.3 Å². The fraction of sp³-hybridized carbons (Fsp3) is 0.136. The molecule has 0 aliphatic heterocycles. The fourth-order valence-corrected chi connectivity index (χ4v) is 3.35. The number of H-pyrrole nitrogens is 1. The van der Waals surface area contributed by atoms with Crippen LogP contribution in [0.5, 0.6) is 0 Å². The predicted octanol–water partition coefficient (Wildman–Crippen LogP) is 4.07. The summed E-state index contributed by atoms with van der Waals surface area (Å²) in [5.41, 5.74) is 3.35. The molecule has 0 bridgehead atoms. The van der Waals surface area contributed by atoms with Crippen molar-refractivity contribution < 1.29 is 8.78 Å². The monoisotopic (exact) mass is 405 g/mol. The van der Waals surface area contributed by atoms with Gasteiger partial charge in [-0.05, 0) is 50.2 Å². The Kier molecular flexibility index (Phi) is 4.80. The van der Waals surface area contributed by atoms with Crippen LogP contribution < -0.4 is 10.9 Å². The number of aromatic amines is 1. The molecule has 0 fully saturated rings. The lowest BCUT2D eigenvalue weighted by Gasteiger charge is -2.09. The smallest absolute Gasteiger partial charge is 0.275 e. The van der Waals surface area contributed by atoms with Crippen LogP contribution in [0.1, 0.15) is 22.5 Å². The van der Waals surface area contributed by atoms with Gasteiger partial charge in [0.25, 0.3) is 5.56 Å². The van der Waals surface area contributed by atoms with E-state index in [1.54, 1.807) is 38.1 Å². The highest BCUT2D eigenvalue weighted by Crippen LogP contribution is 2.29. The number of aromatic nitrogens is 3. The molecular formula is C22H17F2N5O. The van der Waals surface area contributed by atoms with Gasteiger partial charge < -0.3 is 5.32 Å². The molecule has 2 heterocycles. The molecule has 150 valence electrons. The number of nitrogens with one attached hydrogen (secondary N) is 2. The summed E-state index contributed by atoms with van der Waals surface area (Å²) in [7, 11) is 0. The molecule has 0 radical (unpaired) electrons. The van der Waals surface area contributed by atoms with Crippen LogP contribution in [0.2, 0.25) is 0 Å². The van der Waals surface area contributed by atoms with Gasteiger partial charge >= 0.3 is 0 Å². The van der Waals surface area contributed by atoms with E-state index < -0.39 is 11.6 Å². The van der Waals surface area contributed by atoms with Gasteiger partial charge in [-0.25, -0.2) is 18.3 Å². The van der Waals surface area contributed by atoms with E-state index in [-0.39, 0.29) is 23.3 Å². The molecule has 2 aromatic carbocycles. The molecular weight excluding hydrogens is 388 g/mol. The van der Waals surface area contributed by atoms with Gasteiger partial charge in [-0.2, -0.15) is 5.26 Å². The first kappa shape index (κ1) is 19.3. The van der Waals surface area contributed by atoms with Gasteiger partial charge in [-0.1, -0.05) is 0 Å². The summed E-state index contributed by atoms with van der Waals surface area (Å²) in [6.45, 7) is 3.64. The first-order valence-corrected chi connectivity index (χ1v) is 9.19. The maximum absolute atomic E-state index is 14.4. The number of nitrogens with zero attached hydrogens (tertiary/aromatic N) is 3. The number of hydrogen-bond acceptors (Lipinski definition) is 4. The Labute approximate surface area is 170 Å². The van der Waals surface area contributed by atoms with Gasteiger partial charge in [0, 0.05) is 34.1 Å². The summed E-state index contributed by atoms with van der Waals surface area (Å²) in [5, 5.41) is 15.0. The third-order valence-corrected chi connectivity index (χ3v) is 4.96. The molecule has 4 rings (SSSR count). The topological polar surface area (TPSA) is 86.0 Å². The van der Waals surface area contributed by atoms with E-state index >= 15 is 0 Å². The lowest BCUT2D eigenvalue weighted by atomic mass is 10.1. The normalized spacial score (nSPS) is 10.9. The van der Waals surface area contributed by atoms with Gasteiger partial charge in [0.05, 0.1) is 23.9 Å². The third kappa shape index (κ3) is 3.31. The largest absolute Gasteiger partial charge is 0.379 e. The molecule has 2 N–H and O–H groups in total. The number of anilines is 1. The summed E-state index contributed by atoms with van der Waals surface area (Å²) in [6.07, 6.45) is 0. The summed E-state index contributed by atoms with van der Waals surface area (Å²) in [6, 6.07) is 12.3. The number of hydrogen-bond donors (Lipinski definition) is 2. The summed E-state index contributed by atoms with van der Waals surface area (Å²) in [4.78, 5) is 17.5. The summed E-state index contributed by atoms with van der Waals surface area (Å²) >= 11 is 0. The highest BCUT2D eigenvalue weighted by Gasteiger charge is 2.19. The third-order valence-electron chi connectivity index (χ3n) is 4.96. The average molecular weight is 405 g/mol. The molecule has 4 aromatic rings. The van der Waals surface area contributed by atoms with Gasteiger partial charge in [-0.15, -0.1) is 0 Å². The van der Waals surface area contributed by atoms with Crippen molar-refractivity contribution in [2.45, 2.75) is 20.4 Å². The number of fused-ring (bicyclic) bond motifs is 1. The second kappa shape index (κ2) is 7.44. The molecule has 0 saturated carbocycles. The first-order valence-electron chi connectivity index (χ1n) is 9.19. The van der Waals surface area contributed by atoms with Crippen LogP contribution in [0.4, 0.5) is 14.5 Å². The molecule has 0 aliphatic carbocycles. The summed E-state index contributed by atoms with van der Waals surface area (Å²) < 4.78 is 29.1. The lowest BCUT2D eigenvalue weighted by Crippen LogP contribution is -2.21. The quantitative estimate of drug-likeness (QED) is 0.536. The Morgan fingerprint density at radius 3 is 2.57 bits per heavy atom. The number of benzene rings is 2. The SMILES string of the molecule is Cc1[nH]n2c(=O)c(C)c(CNc3ccc(C#N)cc3)nc2c1-c1ccc(F)cc1F. The molecule has 0 atom stereocenters. The van der Waals surface area contributed by atoms with Crippen molar-refractivity contribution in [2.24, 2.45) is 0 Å². The molecule has 0 spiro atoms. The fourth-order valence-electron chi connectivity index (χ4n) is 3.35. The number of nitriles is 1. The van der Waals surface area contributed by atoms with E-state index in [1.807, 2.05) is 0 Å². The minimum atomic E-state index is -0.730. The van der Waals surface area contributed by atoms with E-state index in [0.29, 0.717) is 28.1 Å². The van der Waals surface area contributed by atoms with Gasteiger partial charge in [0.1, 0.15) is 11.6 Å². The summed E-state index contributed by atoms with van der Waals surface area (Å²) in [5.74, 6) is -1.41. The Morgan fingerprint density at radius 2 is 1.90 bits per heavy atom. The predicted molar refractivity (Wildman–Crippen MR) is 109 cm³/mol. The van der Waals surface area contributed by atoms with E-state index in [1.165, 1.54) is 16.6 Å². The Morgan fingerprint density at radius 1 is 1.17 bits per heavy atom. The Balaban J connectivity index is 1.78. The second-order valence-corrected chi connectivity index (χ2v) is 6.93. The average Bonchev–Trinajstić information content (AvgIpc) is 3.06. The minimum Gasteiger partial charge on any atom is -0.379 e. The van der Waals surface area contributed by atoms with Crippen molar-refractivity contribution in [3.63, 3.8) is 0 Å². The molecule has 0 saturated heterocycles. The van der Waals surface area contributed by atoms with Crippen molar-refractivity contribution in [2.75, 3.05) is 5.32 Å². The van der Waals surface area contributed by atoms with Crippen LogP contribution in [0.3, 0.4) is 0 Å². The van der Waals surface area contributed by atoms with Crippen molar-refractivity contribution in [3.05, 3.63) is 87.0 Å². The van der Waals surface area contributed by atoms with Crippen molar-refractivity contribution in [3.8, 4) is 17.2 Å². The van der Waals surface area contributed by atoms with Crippen LogP contribution in [-0.4, -0.2) is 14.6 Å². The van der Waals surface area contributed by atoms with E-state index in [0.717, 1.165) is 11.8 Å². The molecule has 8 heteroatoms. The Bertz CT molecular complexity index is 1360. The van der Waals surface area contributed by atoms with Gasteiger partial charge in [0.2, 0.25) is 0 Å². The number of halogens is 2. The second-order valence-electron chi connectivity index (χ2n) is 6.93. The molecule has 0 aliphatic rings. The number of aryl methyl sites for hydroxylation is 1. The van der Waals surface area contributed by atoms with Gasteiger partial charge in [0.15, 0.2) is 5.65 Å². The van der Waals surface area contributed by atoms with E-state index in [2.05, 4.69) is 21.5 Å². The zero-order valence-electron chi connectivity index (χ0n) is 16.3. The first-order chi connectivity index (χ1) is 14.4. The number of rotatable bonds is 4. The van der Waals surface area contributed by atoms with E-state index in [9.17, 15) is 13.6 Å². The highest BCUT2D eigenvalue weighted by molar-refractivity contribution is 5.80. The standard InChI is InChI=1S/C22H17F2N5O/c1-12-19(11-26-16-6-3-14(10-25)4-7-16)27-21-20(13(2)28-29(21)22(12)30)17-8-5-15(23)9-18(17)24/h3-9,26,28H,11H2,1-2H3. The van der Waals surface area contributed by atoms with Crippen LogP contribution >= 0.6 is 0 Å². The van der Waals surface area contributed by atoms with Crippen LogP contribution in [-0.2, 0) is 6.54 Å². The molecule has 0 amide bonds. The molecule has 6 nitrogen and oxygen atoms in total. The zero-order valence-corrected chi connectivity index (χ0v) is 16.3. The van der Waals surface area contributed by atoms with Crippen LogP contribution in [0, 0.1) is 36.8 Å². The zero-order chi connectivity index (χ0) is 21.4. The lowest BCUT2D eigenvalue weighted by molar-refractivity contribution is 0.585. The molecule has 30 heavy (non-hydrogen) atoms. The maximum Gasteiger partial charge on any atom is 0.275 e. The van der Waals surface area contributed by atoms with Crippen LogP contribution in [0.25, 0.3) is 16.8 Å². The molecule has 2 aromatic heterocycles.